The Morgan fingerprint density at radius 3 is 2.86 bits per heavy atom. The van der Waals surface area contributed by atoms with Crippen LogP contribution in [0.2, 0.25) is 0 Å². The Hall–Kier alpha value is -2.16. The van der Waals surface area contributed by atoms with Crippen molar-refractivity contribution < 1.29 is 14.3 Å². The van der Waals surface area contributed by atoms with Gasteiger partial charge in [-0.25, -0.2) is 0 Å². The maximum atomic E-state index is 12.5. The van der Waals surface area contributed by atoms with Crippen LogP contribution in [0.3, 0.4) is 0 Å². The standard InChI is InChI=1S/C21H22N2O3S3/c1-26-16-8-5-7-15(13-16)22-19(24)10-3-2-4-11-23-20(25)18(29-21(23)27)14-17-9-6-12-28-17/h5-9,12-14H,2-4,10-11H2,1H3,(H,22,24)/b18-14+. The van der Waals surface area contributed by atoms with E-state index in [-0.39, 0.29) is 11.8 Å². The van der Waals surface area contributed by atoms with Crippen LogP contribution >= 0.6 is 35.3 Å². The van der Waals surface area contributed by atoms with Crippen molar-refractivity contribution in [3.8, 4) is 5.75 Å². The summed E-state index contributed by atoms with van der Waals surface area (Å²) in [6, 6.07) is 11.2. The summed E-state index contributed by atoms with van der Waals surface area (Å²) in [5, 5.41) is 4.86. The van der Waals surface area contributed by atoms with Gasteiger partial charge in [0.1, 0.15) is 10.1 Å². The second-order valence-electron chi connectivity index (χ2n) is 6.44. The molecule has 1 aromatic heterocycles. The lowest BCUT2D eigenvalue weighted by molar-refractivity contribution is -0.122. The van der Waals surface area contributed by atoms with Gasteiger partial charge in [-0.05, 0) is 42.5 Å². The number of hydrogen-bond acceptors (Lipinski definition) is 6. The number of carbonyl (C=O) groups excluding carboxylic acids is 2. The molecule has 8 heteroatoms. The number of thiophene rings is 1. The smallest absolute Gasteiger partial charge is 0.266 e. The number of hydrogen-bond donors (Lipinski definition) is 1. The summed E-state index contributed by atoms with van der Waals surface area (Å²) in [5.74, 6) is 0.659. The van der Waals surface area contributed by atoms with Crippen molar-refractivity contribution in [2.45, 2.75) is 25.7 Å². The van der Waals surface area contributed by atoms with Gasteiger partial charge in [-0.3, -0.25) is 14.5 Å². The van der Waals surface area contributed by atoms with Crippen LogP contribution in [0.1, 0.15) is 30.6 Å². The van der Waals surface area contributed by atoms with Crippen LogP contribution in [-0.4, -0.2) is 34.7 Å². The molecule has 5 nitrogen and oxygen atoms in total. The first-order valence-electron chi connectivity index (χ1n) is 9.29. The maximum Gasteiger partial charge on any atom is 0.266 e. The van der Waals surface area contributed by atoms with Crippen molar-refractivity contribution in [1.82, 2.24) is 4.90 Å². The fourth-order valence-corrected chi connectivity index (χ4v) is 4.88. The summed E-state index contributed by atoms with van der Waals surface area (Å²) in [6.07, 6.45) is 4.76. The molecule has 0 saturated carbocycles. The van der Waals surface area contributed by atoms with Crippen molar-refractivity contribution in [2.24, 2.45) is 0 Å². The topological polar surface area (TPSA) is 58.6 Å². The lowest BCUT2D eigenvalue weighted by Gasteiger charge is -2.14. The van der Waals surface area contributed by atoms with Gasteiger partial charge in [0, 0.05) is 29.6 Å². The number of ether oxygens (including phenoxy) is 1. The minimum Gasteiger partial charge on any atom is -0.497 e. The summed E-state index contributed by atoms with van der Waals surface area (Å²) in [7, 11) is 1.59. The first kappa shape index (κ1) is 21.5. The van der Waals surface area contributed by atoms with E-state index >= 15 is 0 Å². The Morgan fingerprint density at radius 2 is 2.10 bits per heavy atom. The molecular weight excluding hydrogens is 424 g/mol. The molecule has 1 aromatic carbocycles. The normalized spacial score (nSPS) is 15.2. The van der Waals surface area contributed by atoms with E-state index in [2.05, 4.69) is 5.32 Å². The van der Waals surface area contributed by atoms with E-state index in [0.29, 0.717) is 27.9 Å². The zero-order valence-corrected chi connectivity index (χ0v) is 18.5. The number of amides is 2. The van der Waals surface area contributed by atoms with E-state index in [4.69, 9.17) is 17.0 Å². The van der Waals surface area contributed by atoms with Gasteiger partial charge in [-0.2, -0.15) is 0 Å². The highest BCUT2D eigenvalue weighted by atomic mass is 32.2. The zero-order chi connectivity index (χ0) is 20.6. The largest absolute Gasteiger partial charge is 0.497 e. The van der Waals surface area contributed by atoms with Crippen molar-refractivity contribution in [3.63, 3.8) is 0 Å². The monoisotopic (exact) mass is 446 g/mol. The molecule has 0 aliphatic carbocycles. The molecule has 1 N–H and O–H groups in total. The predicted octanol–water partition coefficient (Wildman–Crippen LogP) is 5.16. The number of anilines is 1. The minimum absolute atomic E-state index is 0.0239. The van der Waals surface area contributed by atoms with Gasteiger partial charge in [0.2, 0.25) is 5.91 Å². The Balaban J connectivity index is 1.38. The van der Waals surface area contributed by atoms with Crippen LogP contribution in [0.4, 0.5) is 5.69 Å². The van der Waals surface area contributed by atoms with E-state index < -0.39 is 0 Å². The summed E-state index contributed by atoms with van der Waals surface area (Å²) in [4.78, 5) is 28.0. The highest BCUT2D eigenvalue weighted by molar-refractivity contribution is 8.26. The van der Waals surface area contributed by atoms with Crippen LogP contribution in [0.5, 0.6) is 5.75 Å². The molecule has 1 aliphatic heterocycles. The molecule has 0 bridgehead atoms. The molecule has 2 heterocycles. The molecule has 29 heavy (non-hydrogen) atoms. The molecule has 0 radical (unpaired) electrons. The second kappa shape index (κ2) is 10.6. The first-order chi connectivity index (χ1) is 14.1. The highest BCUT2D eigenvalue weighted by Gasteiger charge is 2.31. The third-order valence-electron chi connectivity index (χ3n) is 4.33. The molecule has 1 saturated heterocycles. The fraction of sp³-hybridized carbons (Fsp3) is 0.286. The molecule has 0 atom stereocenters. The average Bonchev–Trinajstić information content (AvgIpc) is 3.31. The van der Waals surface area contributed by atoms with Crippen molar-refractivity contribution in [2.75, 3.05) is 19.0 Å². The molecule has 2 amide bonds. The van der Waals surface area contributed by atoms with Crippen molar-refractivity contribution >= 4 is 63.2 Å². The molecule has 3 rings (SSSR count). The number of nitrogens with zero attached hydrogens (tertiary/aromatic N) is 1. The first-order valence-corrected chi connectivity index (χ1v) is 11.4. The SMILES string of the molecule is COc1cccc(NC(=O)CCCCCN2C(=O)/C(=C\c3cccs3)SC2=S)c1. The van der Waals surface area contributed by atoms with Gasteiger partial charge in [0.15, 0.2) is 0 Å². The van der Waals surface area contributed by atoms with Gasteiger partial charge in [0.05, 0.1) is 12.0 Å². The van der Waals surface area contributed by atoms with Gasteiger partial charge in [-0.1, -0.05) is 42.5 Å². The molecule has 152 valence electrons. The summed E-state index contributed by atoms with van der Waals surface area (Å²) >= 11 is 8.31. The fourth-order valence-electron chi connectivity index (χ4n) is 2.85. The van der Waals surface area contributed by atoms with Crippen LogP contribution in [0.15, 0.2) is 46.7 Å². The van der Waals surface area contributed by atoms with E-state index in [1.807, 2.05) is 41.8 Å². The Kier molecular flexibility index (Phi) is 7.85. The number of thioether (sulfide) groups is 1. The van der Waals surface area contributed by atoms with Crippen molar-refractivity contribution in [1.29, 1.82) is 0 Å². The van der Waals surface area contributed by atoms with Crippen LogP contribution < -0.4 is 10.1 Å². The van der Waals surface area contributed by atoms with Gasteiger partial charge < -0.3 is 10.1 Å². The molecule has 1 fully saturated rings. The lowest BCUT2D eigenvalue weighted by Crippen LogP contribution is -2.29. The van der Waals surface area contributed by atoms with Gasteiger partial charge >= 0.3 is 0 Å². The number of benzene rings is 1. The summed E-state index contributed by atoms with van der Waals surface area (Å²) in [6.45, 7) is 0.587. The average molecular weight is 447 g/mol. The number of carbonyl (C=O) groups is 2. The molecular formula is C21H22N2O3S3. The quantitative estimate of drug-likeness (QED) is 0.328. The second-order valence-corrected chi connectivity index (χ2v) is 9.09. The minimum atomic E-state index is -0.0252. The predicted molar refractivity (Wildman–Crippen MR) is 124 cm³/mol. The molecule has 0 spiro atoms. The zero-order valence-electron chi connectivity index (χ0n) is 16.1. The van der Waals surface area contributed by atoms with E-state index in [1.54, 1.807) is 29.4 Å². The summed E-state index contributed by atoms with van der Waals surface area (Å²) in [5.41, 5.74) is 0.726. The number of thiocarbonyl (C=S) groups is 1. The van der Waals surface area contributed by atoms with Gasteiger partial charge in [-0.15, -0.1) is 11.3 Å². The third kappa shape index (κ3) is 6.16. The van der Waals surface area contributed by atoms with E-state index in [0.717, 1.165) is 29.8 Å². The molecule has 1 aliphatic rings. The Labute approximate surface area is 184 Å². The van der Waals surface area contributed by atoms with E-state index in [9.17, 15) is 9.59 Å². The maximum absolute atomic E-state index is 12.5. The third-order valence-corrected chi connectivity index (χ3v) is 6.53. The van der Waals surface area contributed by atoms with Crippen molar-refractivity contribution in [3.05, 3.63) is 51.6 Å². The van der Waals surface area contributed by atoms with Gasteiger partial charge in [0.25, 0.3) is 5.91 Å². The Bertz CT molecular complexity index is 910. The molecule has 0 unspecified atom stereocenters. The van der Waals surface area contributed by atoms with Crippen LogP contribution in [-0.2, 0) is 9.59 Å². The number of unbranched alkanes of at least 4 members (excludes halogenated alkanes) is 2. The Morgan fingerprint density at radius 1 is 1.24 bits per heavy atom. The molecule has 2 aromatic rings. The van der Waals surface area contributed by atoms with Crippen LogP contribution in [0.25, 0.3) is 6.08 Å². The van der Waals surface area contributed by atoms with Crippen LogP contribution in [0, 0.1) is 0 Å². The summed E-state index contributed by atoms with van der Waals surface area (Å²) < 4.78 is 5.76. The lowest BCUT2D eigenvalue weighted by atomic mass is 10.1. The number of rotatable bonds is 9. The number of nitrogens with one attached hydrogen (secondary N) is 1. The highest BCUT2D eigenvalue weighted by Crippen LogP contribution is 2.33. The number of methoxy groups -OCH3 is 1. The van der Waals surface area contributed by atoms with E-state index in [1.165, 1.54) is 11.8 Å².